The van der Waals surface area contributed by atoms with E-state index in [1.807, 2.05) is 30.3 Å². The number of methoxy groups -OCH3 is 1. The molecule has 0 saturated heterocycles. The first kappa shape index (κ1) is 24.4. The van der Waals surface area contributed by atoms with Crippen LogP contribution in [-0.4, -0.2) is 30.5 Å². The lowest BCUT2D eigenvalue weighted by Gasteiger charge is -2.11. The molecule has 0 atom stereocenters. The summed E-state index contributed by atoms with van der Waals surface area (Å²) in [4.78, 5) is 29.1. The van der Waals surface area contributed by atoms with Gasteiger partial charge in [0.25, 0.3) is 11.8 Å². The Balaban J connectivity index is 1.57. The average Bonchev–Trinajstić information content (AvgIpc) is 3.28. The summed E-state index contributed by atoms with van der Waals surface area (Å²) in [6.45, 7) is 0.344. The molecule has 0 radical (unpaired) electrons. The molecular formula is C27H23Cl2N3O3. The van der Waals surface area contributed by atoms with Crippen LogP contribution in [0.15, 0.2) is 78.6 Å². The summed E-state index contributed by atoms with van der Waals surface area (Å²) in [5.41, 5.74) is 3.12. The number of aromatic amines is 1. The molecule has 178 valence electrons. The molecule has 3 aromatic carbocycles. The number of amides is 2. The maximum absolute atomic E-state index is 13.1. The van der Waals surface area contributed by atoms with Gasteiger partial charge in [-0.2, -0.15) is 0 Å². The highest BCUT2D eigenvalue weighted by atomic mass is 35.5. The zero-order valence-electron chi connectivity index (χ0n) is 18.9. The van der Waals surface area contributed by atoms with Crippen LogP contribution in [0.2, 0.25) is 10.0 Å². The van der Waals surface area contributed by atoms with Crippen molar-refractivity contribution in [3.05, 3.63) is 105 Å². The van der Waals surface area contributed by atoms with Gasteiger partial charge in [-0.3, -0.25) is 9.59 Å². The Bertz CT molecular complexity index is 1400. The van der Waals surface area contributed by atoms with Crippen molar-refractivity contribution >= 4 is 52.0 Å². The number of nitrogens with one attached hydrogen (secondary N) is 3. The molecule has 6 nitrogen and oxygen atoms in total. The first-order valence-corrected chi connectivity index (χ1v) is 11.7. The highest BCUT2D eigenvalue weighted by molar-refractivity contribution is 6.42. The Morgan fingerprint density at radius 2 is 1.80 bits per heavy atom. The number of H-pyrrole nitrogens is 1. The van der Waals surface area contributed by atoms with E-state index < -0.39 is 5.91 Å². The Kier molecular flexibility index (Phi) is 7.75. The molecule has 0 fully saturated rings. The quantitative estimate of drug-likeness (QED) is 0.271. The monoisotopic (exact) mass is 507 g/mol. The second-order valence-corrected chi connectivity index (χ2v) is 8.60. The number of fused-ring (bicyclic) bond motifs is 1. The van der Waals surface area contributed by atoms with E-state index >= 15 is 0 Å². The number of halogens is 2. The summed E-state index contributed by atoms with van der Waals surface area (Å²) >= 11 is 12.1. The highest BCUT2D eigenvalue weighted by Crippen LogP contribution is 2.25. The van der Waals surface area contributed by atoms with Gasteiger partial charge in [0.15, 0.2) is 0 Å². The minimum absolute atomic E-state index is 0.122. The van der Waals surface area contributed by atoms with Gasteiger partial charge in [0, 0.05) is 34.8 Å². The molecule has 4 aromatic rings. The fourth-order valence-corrected chi connectivity index (χ4v) is 3.90. The lowest BCUT2D eigenvalue weighted by atomic mass is 10.1. The lowest BCUT2D eigenvalue weighted by molar-refractivity contribution is -0.117. The molecule has 4 rings (SSSR count). The number of benzene rings is 3. The van der Waals surface area contributed by atoms with Gasteiger partial charge in [-0.15, -0.1) is 0 Å². The summed E-state index contributed by atoms with van der Waals surface area (Å²) in [6.07, 6.45) is 3.97. The number of carbonyl (C=O) groups is 2. The van der Waals surface area contributed by atoms with Crippen molar-refractivity contribution in [1.82, 2.24) is 15.6 Å². The van der Waals surface area contributed by atoms with E-state index in [-0.39, 0.29) is 11.6 Å². The Morgan fingerprint density at radius 1 is 1.00 bits per heavy atom. The maximum atomic E-state index is 13.1. The van der Waals surface area contributed by atoms with Crippen molar-refractivity contribution in [2.24, 2.45) is 0 Å². The predicted octanol–water partition coefficient (Wildman–Crippen LogP) is 5.61. The fourth-order valence-electron chi connectivity index (χ4n) is 3.58. The van der Waals surface area contributed by atoms with Crippen molar-refractivity contribution in [3.63, 3.8) is 0 Å². The van der Waals surface area contributed by atoms with Gasteiger partial charge in [0.05, 0.1) is 17.2 Å². The van der Waals surface area contributed by atoms with Gasteiger partial charge in [-0.25, -0.2) is 0 Å². The molecule has 35 heavy (non-hydrogen) atoms. The first-order valence-electron chi connectivity index (χ1n) is 10.9. The summed E-state index contributed by atoms with van der Waals surface area (Å²) in [5, 5.41) is 7.42. The smallest absolute Gasteiger partial charge is 0.267 e. The van der Waals surface area contributed by atoms with Gasteiger partial charge in [0.1, 0.15) is 11.4 Å². The number of hydrogen-bond donors (Lipinski definition) is 3. The molecule has 0 unspecified atom stereocenters. The summed E-state index contributed by atoms with van der Waals surface area (Å²) in [5.74, 6) is -0.104. The summed E-state index contributed by atoms with van der Waals surface area (Å²) in [6, 6.07) is 19.7. The van der Waals surface area contributed by atoms with E-state index in [1.165, 1.54) is 0 Å². The standard InChI is InChI=1S/C27H23Cl2N3O3/c1-35-20-8-10-24-21(15-20)19(16-31-24)14-25(32-26(33)18-5-3-2-4-6-18)27(34)30-12-11-17-7-9-22(28)23(29)13-17/h2-10,13-16,31H,11-12H2,1H3,(H,30,34)(H,32,33)/b25-14+. The van der Waals surface area contributed by atoms with E-state index in [0.717, 1.165) is 22.0 Å². The number of rotatable bonds is 8. The fraction of sp³-hybridized carbons (Fsp3) is 0.111. The van der Waals surface area contributed by atoms with Gasteiger partial charge < -0.3 is 20.4 Å². The number of carbonyl (C=O) groups excluding carboxylic acids is 2. The molecular weight excluding hydrogens is 485 g/mol. The van der Waals surface area contributed by atoms with E-state index in [0.29, 0.717) is 34.3 Å². The third-order valence-electron chi connectivity index (χ3n) is 5.43. The van der Waals surface area contributed by atoms with Crippen molar-refractivity contribution in [2.45, 2.75) is 6.42 Å². The molecule has 0 aliphatic carbocycles. The largest absolute Gasteiger partial charge is 0.497 e. The predicted molar refractivity (Wildman–Crippen MR) is 140 cm³/mol. The molecule has 0 aliphatic rings. The second-order valence-electron chi connectivity index (χ2n) is 7.79. The molecule has 0 spiro atoms. The second kappa shape index (κ2) is 11.1. The van der Waals surface area contributed by atoms with Crippen LogP contribution < -0.4 is 15.4 Å². The third kappa shape index (κ3) is 6.04. The molecule has 0 saturated carbocycles. The van der Waals surface area contributed by atoms with Crippen LogP contribution in [0.4, 0.5) is 0 Å². The number of hydrogen-bond acceptors (Lipinski definition) is 3. The van der Waals surface area contributed by atoms with Crippen LogP contribution in [-0.2, 0) is 11.2 Å². The molecule has 0 aliphatic heterocycles. The van der Waals surface area contributed by atoms with Gasteiger partial charge in [-0.1, -0.05) is 47.5 Å². The van der Waals surface area contributed by atoms with E-state index in [2.05, 4.69) is 15.6 Å². The van der Waals surface area contributed by atoms with E-state index in [4.69, 9.17) is 27.9 Å². The number of ether oxygens (including phenoxy) is 1. The van der Waals surface area contributed by atoms with Crippen LogP contribution in [0.3, 0.4) is 0 Å². The molecule has 8 heteroatoms. The van der Waals surface area contributed by atoms with Crippen molar-refractivity contribution in [1.29, 1.82) is 0 Å². The molecule has 0 bridgehead atoms. The molecule has 1 heterocycles. The molecule has 2 amide bonds. The SMILES string of the molecule is COc1ccc2[nH]cc(/C=C(/NC(=O)c3ccccc3)C(=O)NCCc3ccc(Cl)c(Cl)c3)c2c1. The van der Waals surface area contributed by atoms with Gasteiger partial charge in [0.2, 0.25) is 0 Å². The van der Waals surface area contributed by atoms with Crippen LogP contribution in [0.1, 0.15) is 21.5 Å². The first-order chi connectivity index (χ1) is 16.9. The maximum Gasteiger partial charge on any atom is 0.267 e. The lowest BCUT2D eigenvalue weighted by Crippen LogP contribution is -2.35. The van der Waals surface area contributed by atoms with E-state index in [9.17, 15) is 9.59 Å². The van der Waals surface area contributed by atoms with Gasteiger partial charge in [-0.05, 0) is 60.5 Å². The Hall–Kier alpha value is -3.74. The summed E-state index contributed by atoms with van der Waals surface area (Å²) in [7, 11) is 1.59. The van der Waals surface area contributed by atoms with Crippen LogP contribution in [0, 0.1) is 0 Å². The van der Waals surface area contributed by atoms with Crippen molar-refractivity contribution < 1.29 is 14.3 Å². The minimum atomic E-state index is -0.411. The Labute approximate surface area is 212 Å². The van der Waals surface area contributed by atoms with Crippen LogP contribution >= 0.6 is 23.2 Å². The average molecular weight is 508 g/mol. The van der Waals surface area contributed by atoms with Crippen molar-refractivity contribution in [2.75, 3.05) is 13.7 Å². The zero-order valence-corrected chi connectivity index (χ0v) is 20.4. The van der Waals surface area contributed by atoms with Crippen LogP contribution in [0.25, 0.3) is 17.0 Å². The Morgan fingerprint density at radius 3 is 2.54 bits per heavy atom. The van der Waals surface area contributed by atoms with Crippen molar-refractivity contribution in [3.8, 4) is 5.75 Å². The van der Waals surface area contributed by atoms with Crippen LogP contribution in [0.5, 0.6) is 5.75 Å². The zero-order chi connectivity index (χ0) is 24.8. The summed E-state index contributed by atoms with van der Waals surface area (Å²) < 4.78 is 5.33. The molecule has 1 aromatic heterocycles. The number of aromatic nitrogens is 1. The highest BCUT2D eigenvalue weighted by Gasteiger charge is 2.16. The van der Waals surface area contributed by atoms with E-state index in [1.54, 1.807) is 55.8 Å². The minimum Gasteiger partial charge on any atom is -0.497 e. The topological polar surface area (TPSA) is 83.2 Å². The normalized spacial score (nSPS) is 11.3. The molecule has 3 N–H and O–H groups in total. The third-order valence-corrected chi connectivity index (χ3v) is 6.17. The van der Waals surface area contributed by atoms with Gasteiger partial charge >= 0.3 is 0 Å².